The molecule has 1 fully saturated rings. The maximum atomic E-state index is 12.5. The van der Waals surface area contributed by atoms with Gasteiger partial charge in [-0.05, 0) is 43.2 Å². The third-order valence-corrected chi connectivity index (χ3v) is 6.55. The Kier molecular flexibility index (Phi) is 5.50. The van der Waals surface area contributed by atoms with Crippen molar-refractivity contribution in [2.75, 3.05) is 11.1 Å². The predicted molar refractivity (Wildman–Crippen MR) is 119 cm³/mol. The third kappa shape index (κ3) is 4.36. The second-order valence-corrected chi connectivity index (χ2v) is 9.02. The highest BCUT2D eigenvalue weighted by molar-refractivity contribution is 7.99. The average Bonchev–Trinajstić information content (AvgIpc) is 3.36. The molecule has 31 heavy (non-hydrogen) atoms. The summed E-state index contributed by atoms with van der Waals surface area (Å²) in [5.74, 6) is 0.954. The molecule has 1 N–H and O–H groups in total. The number of fused-ring (bicyclic) bond motifs is 1. The monoisotopic (exact) mass is 456 g/mol. The van der Waals surface area contributed by atoms with Gasteiger partial charge in [-0.3, -0.25) is 9.36 Å². The lowest BCUT2D eigenvalue weighted by Crippen LogP contribution is -2.40. The van der Waals surface area contributed by atoms with Crippen molar-refractivity contribution in [3.05, 3.63) is 53.8 Å². The normalized spacial score (nSPS) is 16.4. The highest BCUT2D eigenvalue weighted by Crippen LogP contribution is 2.46. The van der Waals surface area contributed by atoms with Gasteiger partial charge in [0.05, 0.1) is 11.4 Å². The highest BCUT2D eigenvalue weighted by Gasteiger charge is 2.42. The Hall–Kier alpha value is -2.71. The van der Waals surface area contributed by atoms with Crippen molar-refractivity contribution in [3.8, 4) is 17.2 Å². The average molecular weight is 457 g/mol. The first-order chi connectivity index (χ1) is 15.1. The van der Waals surface area contributed by atoms with Crippen molar-refractivity contribution >= 4 is 35.0 Å². The minimum Gasteiger partial charge on any atom is -0.448 e. The molecular weight excluding hydrogens is 436 g/mol. The van der Waals surface area contributed by atoms with Gasteiger partial charge in [0.2, 0.25) is 5.91 Å². The molecule has 2 heterocycles. The van der Waals surface area contributed by atoms with E-state index in [-0.39, 0.29) is 11.7 Å². The van der Waals surface area contributed by atoms with Crippen molar-refractivity contribution in [3.63, 3.8) is 0 Å². The fourth-order valence-corrected chi connectivity index (χ4v) is 4.83. The first kappa shape index (κ1) is 20.2. The number of nitrogens with zero attached hydrogens (tertiary/aromatic N) is 3. The first-order valence-electron chi connectivity index (χ1n) is 10.2. The van der Waals surface area contributed by atoms with Crippen LogP contribution in [-0.4, -0.2) is 32.2 Å². The van der Waals surface area contributed by atoms with Crippen molar-refractivity contribution in [2.45, 2.75) is 43.0 Å². The van der Waals surface area contributed by atoms with Crippen LogP contribution in [0.15, 0.2) is 53.9 Å². The Bertz CT molecular complexity index is 1110. The predicted octanol–water partition coefficient (Wildman–Crippen LogP) is 5.08. The highest BCUT2D eigenvalue weighted by atomic mass is 35.5. The number of aromatic nitrogens is 3. The van der Waals surface area contributed by atoms with Gasteiger partial charge in [0, 0.05) is 29.6 Å². The molecule has 160 valence electrons. The van der Waals surface area contributed by atoms with E-state index < -0.39 is 5.79 Å². The zero-order valence-electron chi connectivity index (χ0n) is 16.7. The molecule has 0 saturated heterocycles. The summed E-state index contributed by atoms with van der Waals surface area (Å²) in [6.07, 6.45) is 6.82. The molecule has 7 nitrogen and oxygen atoms in total. The summed E-state index contributed by atoms with van der Waals surface area (Å²) >= 11 is 7.38. The van der Waals surface area contributed by atoms with Crippen molar-refractivity contribution in [1.82, 2.24) is 14.8 Å². The minimum atomic E-state index is -0.524. The maximum Gasteiger partial charge on any atom is 0.251 e. The molecule has 2 aromatic carbocycles. The number of carbonyl (C=O) groups excluding carboxylic acids is 1. The van der Waals surface area contributed by atoms with E-state index in [1.165, 1.54) is 18.2 Å². The molecule has 1 aromatic heterocycles. The van der Waals surface area contributed by atoms with Crippen LogP contribution in [0.25, 0.3) is 5.69 Å². The second-order valence-electron chi connectivity index (χ2n) is 7.64. The maximum absolute atomic E-state index is 12.5. The zero-order chi connectivity index (χ0) is 21.3. The Morgan fingerprint density at radius 3 is 2.81 bits per heavy atom. The van der Waals surface area contributed by atoms with Gasteiger partial charge in [0.15, 0.2) is 16.7 Å². The van der Waals surface area contributed by atoms with Crippen LogP contribution in [0, 0.1) is 0 Å². The fourth-order valence-electron chi connectivity index (χ4n) is 3.92. The SMILES string of the molecule is O=C(CSc1nncn1-c1cccc(Cl)c1)Nc1ccc2c(c1)OC1(CCCCC1)O2. The lowest BCUT2D eigenvalue weighted by atomic mass is 9.94. The number of amides is 1. The van der Waals surface area contributed by atoms with Gasteiger partial charge in [-0.2, -0.15) is 0 Å². The number of halogens is 1. The number of hydrogen-bond donors (Lipinski definition) is 1. The summed E-state index contributed by atoms with van der Waals surface area (Å²) in [4.78, 5) is 12.5. The van der Waals surface area contributed by atoms with Gasteiger partial charge < -0.3 is 14.8 Å². The van der Waals surface area contributed by atoms with Gasteiger partial charge in [-0.25, -0.2) is 0 Å². The number of benzene rings is 2. The van der Waals surface area contributed by atoms with Crippen LogP contribution in [-0.2, 0) is 4.79 Å². The van der Waals surface area contributed by atoms with Gasteiger partial charge >= 0.3 is 0 Å². The molecular formula is C22H21ClN4O3S. The molecule has 1 aliphatic heterocycles. The number of rotatable bonds is 5. The van der Waals surface area contributed by atoms with Crippen LogP contribution >= 0.6 is 23.4 Å². The van der Waals surface area contributed by atoms with Crippen LogP contribution in [0.2, 0.25) is 5.02 Å². The molecule has 1 aliphatic carbocycles. The summed E-state index contributed by atoms with van der Waals surface area (Å²) in [6.45, 7) is 0. The molecule has 0 bridgehead atoms. The van der Waals surface area contributed by atoms with E-state index in [0.29, 0.717) is 21.6 Å². The second kappa shape index (κ2) is 8.43. The number of ether oxygens (including phenoxy) is 2. The fraction of sp³-hybridized carbons (Fsp3) is 0.318. The van der Waals surface area contributed by atoms with Crippen LogP contribution in [0.4, 0.5) is 5.69 Å². The van der Waals surface area contributed by atoms with Crippen LogP contribution < -0.4 is 14.8 Å². The number of anilines is 1. The molecule has 1 saturated carbocycles. The van der Waals surface area contributed by atoms with Crippen LogP contribution in [0.1, 0.15) is 32.1 Å². The summed E-state index contributed by atoms with van der Waals surface area (Å²) < 4.78 is 14.0. The third-order valence-electron chi connectivity index (χ3n) is 5.37. The smallest absolute Gasteiger partial charge is 0.251 e. The quantitative estimate of drug-likeness (QED) is 0.539. The molecule has 0 radical (unpaired) electrons. The van der Waals surface area contributed by atoms with E-state index in [0.717, 1.165) is 37.1 Å². The summed E-state index contributed by atoms with van der Waals surface area (Å²) in [5.41, 5.74) is 1.52. The van der Waals surface area contributed by atoms with Crippen molar-refractivity contribution in [2.24, 2.45) is 0 Å². The summed E-state index contributed by atoms with van der Waals surface area (Å²) in [6, 6.07) is 12.9. The molecule has 0 atom stereocenters. The Morgan fingerprint density at radius 2 is 1.97 bits per heavy atom. The van der Waals surface area contributed by atoms with E-state index in [4.69, 9.17) is 21.1 Å². The molecule has 2 aliphatic rings. The molecule has 9 heteroatoms. The van der Waals surface area contributed by atoms with Gasteiger partial charge in [-0.15, -0.1) is 10.2 Å². The summed E-state index contributed by atoms with van der Waals surface area (Å²) in [7, 11) is 0. The largest absolute Gasteiger partial charge is 0.448 e. The number of carbonyl (C=O) groups is 1. The van der Waals surface area contributed by atoms with Crippen LogP contribution in [0.3, 0.4) is 0 Å². The first-order valence-corrected chi connectivity index (χ1v) is 11.6. The lowest BCUT2D eigenvalue weighted by Gasteiger charge is -2.31. The van der Waals surface area contributed by atoms with Gasteiger partial charge in [0.25, 0.3) is 5.79 Å². The standard InChI is InChI=1S/C22H21ClN4O3S/c23-15-5-4-6-17(11-15)27-14-24-26-21(27)31-13-20(28)25-16-7-8-18-19(12-16)30-22(29-18)9-2-1-3-10-22/h4-8,11-12,14H,1-3,9-10,13H2,(H,25,28). The molecule has 5 rings (SSSR count). The Balaban J connectivity index is 1.21. The molecule has 0 unspecified atom stereocenters. The molecule has 1 spiro atoms. The number of hydrogen-bond acceptors (Lipinski definition) is 6. The Morgan fingerprint density at radius 1 is 1.13 bits per heavy atom. The number of nitrogens with one attached hydrogen (secondary N) is 1. The topological polar surface area (TPSA) is 78.3 Å². The van der Waals surface area contributed by atoms with E-state index in [1.807, 2.05) is 36.4 Å². The molecule has 3 aromatic rings. The Labute approximate surface area is 189 Å². The van der Waals surface area contributed by atoms with Crippen molar-refractivity contribution in [1.29, 1.82) is 0 Å². The van der Waals surface area contributed by atoms with E-state index in [2.05, 4.69) is 15.5 Å². The van der Waals surface area contributed by atoms with E-state index in [1.54, 1.807) is 17.0 Å². The van der Waals surface area contributed by atoms with Crippen molar-refractivity contribution < 1.29 is 14.3 Å². The summed E-state index contributed by atoms with van der Waals surface area (Å²) in [5, 5.41) is 12.2. The van der Waals surface area contributed by atoms with Gasteiger partial charge in [0.1, 0.15) is 6.33 Å². The number of thioether (sulfide) groups is 1. The lowest BCUT2D eigenvalue weighted by molar-refractivity contribution is -0.113. The van der Waals surface area contributed by atoms with Gasteiger partial charge in [-0.1, -0.05) is 35.9 Å². The van der Waals surface area contributed by atoms with E-state index in [9.17, 15) is 4.79 Å². The van der Waals surface area contributed by atoms with E-state index >= 15 is 0 Å². The van der Waals surface area contributed by atoms with Crippen LogP contribution in [0.5, 0.6) is 11.5 Å². The zero-order valence-corrected chi connectivity index (χ0v) is 18.3. The molecule has 1 amide bonds. The minimum absolute atomic E-state index is 0.142.